The predicted molar refractivity (Wildman–Crippen MR) is 99.8 cm³/mol. The fourth-order valence-electron chi connectivity index (χ4n) is 1.71. The molecule has 0 aliphatic carbocycles. The number of hydrogen-bond donors (Lipinski definition) is 2. The minimum Gasteiger partial charge on any atom is -0.484 e. The van der Waals surface area contributed by atoms with Crippen molar-refractivity contribution in [2.75, 3.05) is 13.2 Å². The zero-order valence-corrected chi connectivity index (χ0v) is 15.4. The topological polar surface area (TPSA) is 79.8 Å². The highest BCUT2D eigenvalue weighted by Gasteiger charge is 2.05. The molecule has 8 heteroatoms. The van der Waals surface area contributed by atoms with Gasteiger partial charge in [-0.25, -0.2) is 5.43 Å². The summed E-state index contributed by atoms with van der Waals surface area (Å²) in [5.74, 6) is -0.338. The molecule has 0 aliphatic rings. The van der Waals surface area contributed by atoms with Gasteiger partial charge in [-0.3, -0.25) is 9.59 Å². The Morgan fingerprint density at radius 1 is 1.16 bits per heavy atom. The van der Waals surface area contributed by atoms with Crippen LogP contribution in [0.4, 0.5) is 0 Å². The third-order valence-corrected chi connectivity index (χ3v) is 3.63. The fourth-order valence-corrected chi connectivity index (χ4v) is 2.26. The van der Waals surface area contributed by atoms with E-state index in [9.17, 15) is 9.59 Å². The molecule has 2 rings (SSSR count). The molecule has 6 nitrogen and oxygen atoms in total. The van der Waals surface area contributed by atoms with Crippen molar-refractivity contribution in [3.05, 3.63) is 63.6 Å². The Balaban J connectivity index is 1.67. The summed E-state index contributed by atoms with van der Waals surface area (Å²) in [7, 11) is 0. The van der Waals surface area contributed by atoms with Gasteiger partial charge in [-0.15, -0.1) is 0 Å². The third kappa shape index (κ3) is 7.36. The van der Waals surface area contributed by atoms with E-state index in [0.717, 1.165) is 10.0 Å². The smallest absolute Gasteiger partial charge is 0.259 e. The van der Waals surface area contributed by atoms with Crippen molar-refractivity contribution < 1.29 is 14.3 Å². The van der Waals surface area contributed by atoms with Crippen LogP contribution in [0, 0.1) is 0 Å². The van der Waals surface area contributed by atoms with Crippen LogP contribution < -0.4 is 15.5 Å². The van der Waals surface area contributed by atoms with E-state index in [0.29, 0.717) is 10.8 Å². The molecular weight excluding hydrogens is 410 g/mol. The number of benzene rings is 2. The first-order chi connectivity index (χ1) is 12.0. The van der Waals surface area contributed by atoms with Gasteiger partial charge in [0.25, 0.3) is 11.8 Å². The molecule has 0 unspecified atom stereocenters. The average Bonchev–Trinajstić information content (AvgIpc) is 2.59. The number of carbonyl (C=O) groups excluding carboxylic acids is 2. The van der Waals surface area contributed by atoms with Gasteiger partial charge >= 0.3 is 0 Å². The largest absolute Gasteiger partial charge is 0.484 e. The summed E-state index contributed by atoms with van der Waals surface area (Å²) >= 11 is 9.10. The normalized spacial score (nSPS) is 10.5. The predicted octanol–water partition coefficient (Wildman–Crippen LogP) is 2.75. The quantitative estimate of drug-likeness (QED) is 0.530. The zero-order chi connectivity index (χ0) is 18.1. The van der Waals surface area contributed by atoms with E-state index in [2.05, 4.69) is 31.8 Å². The lowest BCUT2D eigenvalue weighted by Crippen LogP contribution is -2.37. The van der Waals surface area contributed by atoms with Gasteiger partial charge in [-0.1, -0.05) is 39.7 Å². The molecule has 2 amide bonds. The molecule has 130 valence electrons. The molecule has 0 heterocycles. The van der Waals surface area contributed by atoms with Gasteiger partial charge in [0.05, 0.1) is 12.8 Å². The van der Waals surface area contributed by atoms with Crippen LogP contribution in [-0.2, 0) is 9.59 Å². The van der Waals surface area contributed by atoms with Gasteiger partial charge in [0.1, 0.15) is 5.75 Å². The molecule has 2 aromatic carbocycles. The van der Waals surface area contributed by atoms with Gasteiger partial charge in [0.15, 0.2) is 6.61 Å². The number of carbonyl (C=O) groups is 2. The number of nitrogens with one attached hydrogen (secondary N) is 2. The maximum atomic E-state index is 11.6. The summed E-state index contributed by atoms with van der Waals surface area (Å²) < 4.78 is 6.18. The highest BCUT2D eigenvalue weighted by atomic mass is 79.9. The second-order valence-corrected chi connectivity index (χ2v) is 6.22. The molecule has 0 radical (unpaired) electrons. The van der Waals surface area contributed by atoms with Crippen molar-refractivity contribution >= 4 is 45.6 Å². The molecular formula is C17H15BrClN3O3. The first-order valence-corrected chi connectivity index (χ1v) is 8.42. The van der Waals surface area contributed by atoms with Crippen molar-refractivity contribution in [1.82, 2.24) is 10.7 Å². The van der Waals surface area contributed by atoms with Crippen LogP contribution in [0.5, 0.6) is 5.75 Å². The van der Waals surface area contributed by atoms with E-state index >= 15 is 0 Å². The Kier molecular flexibility index (Phi) is 7.43. The van der Waals surface area contributed by atoms with Crippen LogP contribution in [-0.4, -0.2) is 31.2 Å². The van der Waals surface area contributed by atoms with Crippen molar-refractivity contribution in [1.29, 1.82) is 0 Å². The monoisotopic (exact) mass is 423 g/mol. The Morgan fingerprint density at radius 3 is 2.64 bits per heavy atom. The number of halogens is 2. The van der Waals surface area contributed by atoms with E-state index in [1.165, 1.54) is 6.21 Å². The van der Waals surface area contributed by atoms with Gasteiger partial charge in [0.2, 0.25) is 0 Å². The molecule has 25 heavy (non-hydrogen) atoms. The summed E-state index contributed by atoms with van der Waals surface area (Å²) in [6, 6.07) is 14.1. The van der Waals surface area contributed by atoms with E-state index < -0.39 is 11.8 Å². The summed E-state index contributed by atoms with van der Waals surface area (Å²) in [6.07, 6.45) is 1.51. The number of amides is 2. The van der Waals surface area contributed by atoms with Gasteiger partial charge in [-0.05, 0) is 42.0 Å². The summed E-state index contributed by atoms with van der Waals surface area (Å²) in [5.41, 5.74) is 3.16. The second-order valence-electron chi connectivity index (χ2n) is 4.87. The SMILES string of the molecule is O=C(COc1ccc(Cl)cc1)NCC(=O)N/N=C/c1cccc(Br)c1. The van der Waals surface area contributed by atoms with Crippen molar-refractivity contribution in [2.24, 2.45) is 5.10 Å². The minimum absolute atomic E-state index is 0.196. The number of nitrogens with zero attached hydrogens (tertiary/aromatic N) is 1. The highest BCUT2D eigenvalue weighted by molar-refractivity contribution is 9.10. The zero-order valence-electron chi connectivity index (χ0n) is 13.0. The average molecular weight is 425 g/mol. The van der Waals surface area contributed by atoms with Crippen molar-refractivity contribution in [2.45, 2.75) is 0 Å². The first kappa shape index (κ1) is 19.0. The minimum atomic E-state index is -0.439. The maximum Gasteiger partial charge on any atom is 0.259 e. The summed E-state index contributed by atoms with van der Waals surface area (Å²) in [4.78, 5) is 23.2. The number of ether oxygens (including phenoxy) is 1. The molecule has 2 aromatic rings. The highest BCUT2D eigenvalue weighted by Crippen LogP contribution is 2.15. The summed E-state index contributed by atoms with van der Waals surface area (Å²) in [5, 5.41) is 6.84. The number of rotatable bonds is 7. The van der Waals surface area contributed by atoms with E-state index in [1.807, 2.05) is 24.3 Å². The summed E-state index contributed by atoms with van der Waals surface area (Å²) in [6.45, 7) is -0.394. The lowest BCUT2D eigenvalue weighted by molar-refractivity contribution is -0.127. The van der Waals surface area contributed by atoms with E-state index in [1.54, 1.807) is 24.3 Å². The van der Waals surface area contributed by atoms with Crippen LogP contribution in [0.3, 0.4) is 0 Å². The van der Waals surface area contributed by atoms with Gasteiger partial charge < -0.3 is 10.1 Å². The Hall–Kier alpha value is -2.38. The van der Waals surface area contributed by atoms with Crippen LogP contribution >= 0.6 is 27.5 Å². The molecule has 0 aliphatic heterocycles. The number of hydrogen-bond acceptors (Lipinski definition) is 4. The van der Waals surface area contributed by atoms with E-state index in [4.69, 9.17) is 16.3 Å². The molecule has 0 fully saturated rings. The first-order valence-electron chi connectivity index (χ1n) is 7.25. The molecule has 0 spiro atoms. The van der Waals surface area contributed by atoms with Gasteiger partial charge in [-0.2, -0.15) is 5.10 Å². The Bertz CT molecular complexity index is 766. The number of hydrazone groups is 1. The van der Waals surface area contributed by atoms with Crippen LogP contribution in [0.25, 0.3) is 0 Å². The maximum absolute atomic E-state index is 11.6. The van der Waals surface area contributed by atoms with Crippen LogP contribution in [0.2, 0.25) is 5.02 Å². The molecule has 0 bridgehead atoms. The van der Waals surface area contributed by atoms with Gasteiger partial charge in [0, 0.05) is 9.50 Å². The Morgan fingerprint density at radius 2 is 1.92 bits per heavy atom. The standard InChI is InChI=1S/C17H15BrClN3O3/c18-13-3-1-2-12(8-13)9-21-22-16(23)10-20-17(24)11-25-15-6-4-14(19)5-7-15/h1-9H,10-11H2,(H,20,24)(H,22,23)/b21-9+. The Labute approximate surface area is 158 Å². The van der Waals surface area contributed by atoms with Crippen LogP contribution in [0.15, 0.2) is 58.1 Å². The molecule has 0 aromatic heterocycles. The molecule has 0 saturated carbocycles. The lowest BCUT2D eigenvalue weighted by Gasteiger charge is -2.07. The van der Waals surface area contributed by atoms with E-state index in [-0.39, 0.29) is 13.2 Å². The lowest BCUT2D eigenvalue weighted by atomic mass is 10.2. The third-order valence-electron chi connectivity index (χ3n) is 2.88. The fraction of sp³-hybridized carbons (Fsp3) is 0.118. The molecule has 2 N–H and O–H groups in total. The molecule has 0 saturated heterocycles. The molecule has 0 atom stereocenters. The van der Waals surface area contributed by atoms with Crippen molar-refractivity contribution in [3.8, 4) is 5.75 Å². The van der Waals surface area contributed by atoms with Crippen LogP contribution in [0.1, 0.15) is 5.56 Å². The van der Waals surface area contributed by atoms with Crippen molar-refractivity contribution in [3.63, 3.8) is 0 Å². The second kappa shape index (κ2) is 9.80.